The summed E-state index contributed by atoms with van der Waals surface area (Å²) >= 11 is 4.64. The molecule has 0 aliphatic carbocycles. The van der Waals surface area contributed by atoms with E-state index in [4.69, 9.17) is 6.42 Å². The number of rotatable bonds is 3. The van der Waals surface area contributed by atoms with Crippen LogP contribution in [-0.4, -0.2) is 52.7 Å². The van der Waals surface area contributed by atoms with Crippen molar-refractivity contribution in [2.24, 2.45) is 5.92 Å². The van der Waals surface area contributed by atoms with Crippen molar-refractivity contribution in [2.45, 2.75) is 38.4 Å². The summed E-state index contributed by atoms with van der Waals surface area (Å²) in [4.78, 5) is 11.3. The van der Waals surface area contributed by atoms with Gasteiger partial charge in [0, 0.05) is 120 Å². The average molecular weight is 730 g/mol. The molecule has 1 fully saturated rings. The first kappa shape index (κ1) is 27.1. The zero-order valence-electron chi connectivity index (χ0n) is 12.1. The van der Waals surface area contributed by atoms with Crippen molar-refractivity contribution >= 4 is 16.8 Å². The van der Waals surface area contributed by atoms with Gasteiger partial charge in [-0.3, -0.25) is 4.79 Å². The molecule has 1 rings (SSSR count). The molecule has 1 saturated heterocycles. The van der Waals surface area contributed by atoms with Crippen molar-refractivity contribution in [3.05, 3.63) is 0 Å². The van der Waals surface area contributed by atoms with Crippen molar-refractivity contribution in [2.75, 3.05) is 20.1 Å². The predicted octanol–water partition coefficient (Wildman–Crippen LogP) is 0.845. The van der Waals surface area contributed by atoms with Crippen LogP contribution in [0.3, 0.4) is 0 Å². The van der Waals surface area contributed by atoms with E-state index in [1.807, 2.05) is 7.05 Å². The van der Waals surface area contributed by atoms with Crippen molar-refractivity contribution in [1.29, 1.82) is 0 Å². The Morgan fingerprint density at radius 3 is 2.50 bits per heavy atom. The Labute approximate surface area is 198 Å². The summed E-state index contributed by atoms with van der Waals surface area (Å²) in [6.07, 6.45) is 6.20. The van der Waals surface area contributed by atoms with Crippen molar-refractivity contribution in [3.63, 3.8) is 0 Å². The summed E-state index contributed by atoms with van der Waals surface area (Å²) in [5, 5.41) is 19.2. The molecule has 2 radical (unpaired) electrons. The third-order valence-electron chi connectivity index (χ3n) is 2.90. The van der Waals surface area contributed by atoms with Gasteiger partial charge in [-0.1, -0.05) is 0 Å². The Morgan fingerprint density at radius 1 is 1.55 bits per heavy atom. The number of terminal acetylenes is 1. The monoisotopic (exact) mass is 729 g/mol. The van der Waals surface area contributed by atoms with Gasteiger partial charge in [0.1, 0.15) is 0 Å². The molecule has 7 heteroatoms. The summed E-state index contributed by atoms with van der Waals surface area (Å²) in [6, 6.07) is 0. The van der Waals surface area contributed by atoms with Gasteiger partial charge in [-0.25, -0.2) is 0 Å². The van der Waals surface area contributed by atoms with Gasteiger partial charge >= 0.3 is 0 Å². The van der Waals surface area contributed by atoms with Gasteiger partial charge in [0.15, 0.2) is 0 Å². The smallest absolute Gasteiger partial charge is 0.218 e. The van der Waals surface area contributed by atoms with Gasteiger partial charge in [0.05, 0.1) is 12.2 Å². The van der Waals surface area contributed by atoms with E-state index in [0.717, 1.165) is 19.5 Å². The fourth-order valence-corrected chi connectivity index (χ4v) is 1.96. The number of hydrogen-bond donors (Lipinski definition) is 2. The van der Waals surface area contributed by atoms with Gasteiger partial charge < -0.3 is 15.1 Å². The normalized spacial score (nSPS) is 23.0. The van der Waals surface area contributed by atoms with E-state index in [1.165, 1.54) is 6.92 Å². The largest absolute Gasteiger partial charge is 0.393 e. The SMILES string of the molecule is C#CCCC(O)C1CN(C)CCC1O.CC(=O)Cl.[Ac].[Ac]. The number of piperidine rings is 1. The van der Waals surface area contributed by atoms with Gasteiger partial charge in [-0.2, -0.15) is 0 Å². The standard InChI is InChI=1S/C11H19NO2.C2H3ClO.2Ac/c1-3-4-5-10(13)9-8-12(2)7-6-11(9)14;1-2(3)4;;/h1,9-11,13-14H,4-8H2,2H3;1H3;;. The Kier molecular flexibility index (Phi) is 21.9. The quantitative estimate of drug-likeness (QED) is 0.335. The number of nitrogens with zero attached hydrogens (tertiary/aromatic N) is 1. The third kappa shape index (κ3) is 13.9. The molecule has 4 nitrogen and oxygen atoms in total. The number of hydrogen-bond acceptors (Lipinski definition) is 4. The molecule has 0 bridgehead atoms. The van der Waals surface area contributed by atoms with Crippen LogP contribution in [0.4, 0.5) is 0 Å². The molecule has 3 atom stereocenters. The second kappa shape index (κ2) is 16.2. The van der Waals surface area contributed by atoms with E-state index in [-0.39, 0.29) is 105 Å². The summed E-state index contributed by atoms with van der Waals surface area (Å²) < 4.78 is 0. The topological polar surface area (TPSA) is 60.8 Å². The maximum absolute atomic E-state index is 9.81. The number of aliphatic hydroxyl groups is 2. The second-order valence-electron chi connectivity index (χ2n) is 4.56. The maximum atomic E-state index is 9.81. The Bertz CT molecular complexity index is 296. The van der Waals surface area contributed by atoms with Crippen LogP contribution in [0.25, 0.3) is 0 Å². The molecule has 1 aliphatic rings. The van der Waals surface area contributed by atoms with Crippen LogP contribution in [0.15, 0.2) is 0 Å². The first-order valence-corrected chi connectivity index (χ1v) is 6.40. The molecule has 1 heterocycles. The van der Waals surface area contributed by atoms with E-state index in [0.29, 0.717) is 12.8 Å². The first-order chi connectivity index (χ1) is 8.38. The Hall–Kier alpha value is 2.28. The molecule has 0 saturated carbocycles. The van der Waals surface area contributed by atoms with E-state index in [1.54, 1.807) is 0 Å². The minimum Gasteiger partial charge on any atom is -0.393 e. The predicted molar refractivity (Wildman–Crippen MR) is 72.2 cm³/mol. The van der Waals surface area contributed by atoms with Gasteiger partial charge in [-0.05, 0) is 31.5 Å². The molecular formula is C13H22Ac2ClNO3. The summed E-state index contributed by atoms with van der Waals surface area (Å²) in [7, 11) is 2.01. The van der Waals surface area contributed by atoms with Gasteiger partial charge in [0.25, 0.3) is 0 Å². The maximum Gasteiger partial charge on any atom is 0.218 e. The molecule has 3 unspecified atom stereocenters. The molecule has 0 amide bonds. The van der Waals surface area contributed by atoms with E-state index >= 15 is 0 Å². The van der Waals surface area contributed by atoms with E-state index in [9.17, 15) is 15.0 Å². The fraction of sp³-hybridized carbons (Fsp3) is 0.769. The van der Waals surface area contributed by atoms with Crippen molar-refractivity contribution in [1.82, 2.24) is 4.90 Å². The van der Waals surface area contributed by atoms with E-state index < -0.39 is 6.10 Å². The van der Waals surface area contributed by atoms with Crippen LogP contribution in [0.2, 0.25) is 0 Å². The van der Waals surface area contributed by atoms with Gasteiger partial charge in [-0.15, -0.1) is 12.3 Å². The average Bonchev–Trinajstić information content (AvgIpc) is 2.28. The van der Waals surface area contributed by atoms with Crippen LogP contribution in [0.1, 0.15) is 26.2 Å². The van der Waals surface area contributed by atoms with Gasteiger partial charge in [0.2, 0.25) is 5.24 Å². The Balaban J connectivity index is -0.000000429. The molecule has 0 spiro atoms. The molecule has 0 aromatic carbocycles. The molecule has 2 N–H and O–H groups in total. The first-order valence-electron chi connectivity index (χ1n) is 6.02. The summed E-state index contributed by atoms with van der Waals surface area (Å²) in [5.41, 5.74) is 0. The summed E-state index contributed by atoms with van der Waals surface area (Å²) in [5.74, 6) is 2.47. The van der Waals surface area contributed by atoms with Crippen LogP contribution in [-0.2, 0) is 4.79 Å². The van der Waals surface area contributed by atoms with Crippen LogP contribution in [0.5, 0.6) is 0 Å². The minimum absolute atomic E-state index is 0. The van der Waals surface area contributed by atoms with Crippen LogP contribution in [0, 0.1) is 106 Å². The van der Waals surface area contributed by atoms with E-state index in [2.05, 4.69) is 22.4 Å². The molecule has 110 valence electrons. The van der Waals surface area contributed by atoms with Crippen molar-refractivity contribution in [3.8, 4) is 12.3 Å². The number of aliphatic hydroxyl groups excluding tert-OH is 2. The summed E-state index contributed by atoms with van der Waals surface area (Å²) in [6.45, 7) is 2.95. The minimum atomic E-state index is -0.469. The van der Waals surface area contributed by atoms with Crippen LogP contribution < -0.4 is 0 Å². The molecule has 0 aromatic rings. The Morgan fingerprint density at radius 2 is 2.05 bits per heavy atom. The number of carbonyl (C=O) groups excluding carboxylic acids is 1. The number of likely N-dealkylation sites (tertiary alicyclic amines) is 1. The zero-order valence-corrected chi connectivity index (χ0v) is 22.4. The van der Waals surface area contributed by atoms with Crippen molar-refractivity contribution < 1.29 is 103 Å². The number of carbonyl (C=O) groups is 1. The zero-order chi connectivity index (χ0) is 14.1. The molecule has 0 aromatic heterocycles. The fourth-order valence-electron chi connectivity index (χ4n) is 1.96. The number of halogens is 1. The second-order valence-corrected chi connectivity index (χ2v) is 5.09. The molecular weight excluding hydrogens is 708 g/mol. The molecule has 20 heavy (non-hydrogen) atoms. The van der Waals surface area contributed by atoms with Crippen LogP contribution >= 0.6 is 11.6 Å². The third-order valence-corrected chi connectivity index (χ3v) is 2.90. The molecule has 1 aliphatic heterocycles.